The number of methoxy groups -OCH3 is 2. The summed E-state index contributed by atoms with van der Waals surface area (Å²) in [6.45, 7) is 0.369. The lowest BCUT2D eigenvalue weighted by molar-refractivity contribution is 0.193. The van der Waals surface area contributed by atoms with Crippen molar-refractivity contribution in [1.29, 1.82) is 0 Å². The standard InChI is InChI=1S/C27H30N2O5S/c1-28-25-13-6-19(18-4-7-20(33-2)8-5-18)16-24(25)27-23(26(28)17-30)14-15-29(27)35(31,32)22-11-9-21(34-3)10-12-22/h4-13,16,23,26-27,30H,14-15,17H2,1-3H3/t23-,26-,27-/m0/s1. The van der Waals surface area contributed by atoms with Gasteiger partial charge in [-0.25, -0.2) is 8.42 Å². The van der Waals surface area contributed by atoms with E-state index in [1.807, 2.05) is 43.4 Å². The lowest BCUT2D eigenvalue weighted by Gasteiger charge is -2.44. The SMILES string of the molecule is COc1ccc(-c2ccc3c(c2)[C@@H]2[C@@H](CCN2S(=O)(=O)c2ccc(OC)cc2)[C@H](CO)N3C)cc1. The minimum atomic E-state index is -3.75. The van der Waals surface area contributed by atoms with Crippen LogP contribution in [0.3, 0.4) is 0 Å². The molecule has 2 aliphatic rings. The van der Waals surface area contributed by atoms with Crippen LogP contribution in [0.15, 0.2) is 71.6 Å². The normalized spacial score (nSPS) is 21.9. The van der Waals surface area contributed by atoms with E-state index in [1.54, 1.807) is 42.8 Å². The van der Waals surface area contributed by atoms with Gasteiger partial charge in [-0.3, -0.25) is 0 Å². The van der Waals surface area contributed by atoms with Gasteiger partial charge in [-0.15, -0.1) is 0 Å². The van der Waals surface area contributed by atoms with Crippen molar-refractivity contribution in [3.05, 3.63) is 72.3 Å². The number of rotatable bonds is 6. The summed E-state index contributed by atoms with van der Waals surface area (Å²) in [5.41, 5.74) is 3.94. The third kappa shape index (κ3) is 3.95. The summed E-state index contributed by atoms with van der Waals surface area (Å²) in [7, 11) is 1.42. The van der Waals surface area contributed by atoms with E-state index >= 15 is 0 Å². The Morgan fingerprint density at radius 1 is 0.914 bits per heavy atom. The zero-order valence-electron chi connectivity index (χ0n) is 20.1. The molecule has 3 aromatic carbocycles. The Bertz CT molecular complexity index is 1310. The number of hydrogen-bond donors (Lipinski definition) is 1. The lowest BCUT2D eigenvalue weighted by atomic mass is 9.81. The molecular weight excluding hydrogens is 464 g/mol. The summed E-state index contributed by atoms with van der Waals surface area (Å²) < 4.78 is 39.7. The van der Waals surface area contributed by atoms with Gasteiger partial charge >= 0.3 is 0 Å². The van der Waals surface area contributed by atoms with Crippen LogP contribution in [-0.2, 0) is 10.0 Å². The number of nitrogens with zero attached hydrogens (tertiary/aromatic N) is 2. The van der Waals surface area contributed by atoms with Crippen LogP contribution in [0, 0.1) is 5.92 Å². The first kappa shape index (κ1) is 23.7. The molecule has 0 aromatic heterocycles. The third-order valence-corrected chi connectivity index (χ3v) is 9.29. The molecular formula is C27H30N2O5S. The highest BCUT2D eigenvalue weighted by Gasteiger charge is 2.50. The molecule has 184 valence electrons. The molecule has 1 fully saturated rings. The quantitative estimate of drug-likeness (QED) is 0.559. The molecule has 1 saturated heterocycles. The number of benzene rings is 3. The number of anilines is 1. The smallest absolute Gasteiger partial charge is 0.243 e. The Hall–Kier alpha value is -3.07. The van der Waals surface area contributed by atoms with Crippen molar-refractivity contribution in [3.8, 4) is 22.6 Å². The minimum Gasteiger partial charge on any atom is -0.497 e. The first-order valence-electron chi connectivity index (χ1n) is 11.7. The molecule has 0 aliphatic carbocycles. The highest BCUT2D eigenvalue weighted by atomic mass is 32.2. The van der Waals surface area contributed by atoms with E-state index in [1.165, 1.54) is 0 Å². The molecule has 5 rings (SSSR count). The fourth-order valence-corrected chi connectivity index (χ4v) is 7.19. The van der Waals surface area contributed by atoms with Crippen molar-refractivity contribution >= 4 is 15.7 Å². The minimum absolute atomic E-state index is 0.0170. The van der Waals surface area contributed by atoms with Gasteiger partial charge in [0.2, 0.25) is 10.0 Å². The van der Waals surface area contributed by atoms with Crippen LogP contribution in [0.1, 0.15) is 18.0 Å². The number of aliphatic hydroxyl groups excluding tert-OH is 1. The second-order valence-corrected chi connectivity index (χ2v) is 10.9. The number of ether oxygens (including phenoxy) is 2. The topological polar surface area (TPSA) is 79.3 Å². The van der Waals surface area contributed by atoms with E-state index in [-0.39, 0.29) is 29.5 Å². The van der Waals surface area contributed by atoms with E-state index in [0.29, 0.717) is 18.7 Å². The van der Waals surface area contributed by atoms with Gasteiger partial charge in [-0.2, -0.15) is 4.31 Å². The summed E-state index contributed by atoms with van der Waals surface area (Å²) in [5, 5.41) is 10.2. The van der Waals surface area contributed by atoms with Crippen molar-refractivity contribution in [2.75, 3.05) is 39.3 Å². The molecule has 0 unspecified atom stereocenters. The van der Waals surface area contributed by atoms with Crippen LogP contribution in [0.2, 0.25) is 0 Å². The Morgan fingerprint density at radius 3 is 2.11 bits per heavy atom. The molecule has 0 radical (unpaired) electrons. The average Bonchev–Trinajstić information content (AvgIpc) is 3.35. The number of aliphatic hydroxyl groups is 1. The van der Waals surface area contributed by atoms with Crippen LogP contribution in [0.4, 0.5) is 5.69 Å². The van der Waals surface area contributed by atoms with Gasteiger partial charge in [-0.05, 0) is 71.6 Å². The van der Waals surface area contributed by atoms with Gasteiger partial charge in [0.05, 0.1) is 37.8 Å². The molecule has 2 heterocycles. The maximum atomic E-state index is 13.8. The predicted octanol–water partition coefficient (Wildman–Crippen LogP) is 3.93. The van der Waals surface area contributed by atoms with Crippen molar-refractivity contribution in [1.82, 2.24) is 4.31 Å². The summed E-state index contributed by atoms with van der Waals surface area (Å²) in [6.07, 6.45) is 0.682. The van der Waals surface area contributed by atoms with Crippen LogP contribution in [0.5, 0.6) is 11.5 Å². The maximum Gasteiger partial charge on any atom is 0.243 e. The Morgan fingerprint density at radius 2 is 1.51 bits per heavy atom. The van der Waals surface area contributed by atoms with E-state index in [2.05, 4.69) is 11.0 Å². The van der Waals surface area contributed by atoms with Crippen LogP contribution < -0.4 is 14.4 Å². The summed E-state index contributed by atoms with van der Waals surface area (Å²) in [6, 6.07) is 20.0. The molecule has 2 aliphatic heterocycles. The van der Waals surface area contributed by atoms with E-state index in [4.69, 9.17) is 9.47 Å². The highest BCUT2D eigenvalue weighted by molar-refractivity contribution is 7.89. The van der Waals surface area contributed by atoms with Gasteiger partial charge in [0.1, 0.15) is 11.5 Å². The second-order valence-electron chi connectivity index (χ2n) is 9.05. The number of sulfonamides is 1. The number of likely N-dealkylation sites (N-methyl/N-ethyl adjacent to an activating group) is 1. The van der Waals surface area contributed by atoms with Crippen molar-refractivity contribution in [2.24, 2.45) is 5.92 Å². The predicted molar refractivity (Wildman–Crippen MR) is 135 cm³/mol. The number of hydrogen-bond acceptors (Lipinski definition) is 6. The van der Waals surface area contributed by atoms with Gasteiger partial charge in [0.15, 0.2) is 0 Å². The second kappa shape index (κ2) is 9.18. The summed E-state index contributed by atoms with van der Waals surface area (Å²) in [5.74, 6) is 1.37. The van der Waals surface area contributed by atoms with Gasteiger partial charge in [-0.1, -0.05) is 18.2 Å². The fraction of sp³-hybridized carbons (Fsp3) is 0.333. The molecule has 0 bridgehead atoms. The summed E-state index contributed by atoms with van der Waals surface area (Å²) in [4.78, 5) is 2.34. The van der Waals surface area contributed by atoms with Gasteiger partial charge in [0, 0.05) is 25.2 Å². The van der Waals surface area contributed by atoms with Crippen LogP contribution in [-0.4, -0.2) is 58.3 Å². The number of fused-ring (bicyclic) bond motifs is 3. The molecule has 7 nitrogen and oxygen atoms in total. The highest BCUT2D eigenvalue weighted by Crippen LogP contribution is 2.51. The first-order chi connectivity index (χ1) is 16.9. The molecule has 1 N–H and O–H groups in total. The van der Waals surface area contributed by atoms with Crippen LogP contribution in [0.25, 0.3) is 11.1 Å². The van der Waals surface area contributed by atoms with Crippen molar-refractivity contribution < 1.29 is 23.0 Å². The lowest BCUT2D eigenvalue weighted by Crippen LogP contribution is -2.48. The molecule has 3 aromatic rings. The molecule has 0 amide bonds. The van der Waals surface area contributed by atoms with Crippen molar-refractivity contribution in [3.63, 3.8) is 0 Å². The van der Waals surface area contributed by atoms with Gasteiger partial charge in [0.25, 0.3) is 0 Å². The molecule has 0 spiro atoms. The first-order valence-corrected chi connectivity index (χ1v) is 13.1. The van der Waals surface area contributed by atoms with E-state index in [0.717, 1.165) is 28.1 Å². The van der Waals surface area contributed by atoms with Gasteiger partial charge < -0.3 is 19.5 Å². The van der Waals surface area contributed by atoms with Crippen molar-refractivity contribution in [2.45, 2.75) is 23.4 Å². The van der Waals surface area contributed by atoms with E-state index in [9.17, 15) is 13.5 Å². The molecule has 3 atom stereocenters. The molecule has 8 heteroatoms. The van der Waals surface area contributed by atoms with E-state index < -0.39 is 10.0 Å². The fourth-order valence-electron chi connectivity index (χ4n) is 5.53. The average molecular weight is 495 g/mol. The maximum absolute atomic E-state index is 13.8. The summed E-state index contributed by atoms with van der Waals surface area (Å²) >= 11 is 0. The zero-order valence-corrected chi connectivity index (χ0v) is 20.9. The molecule has 0 saturated carbocycles. The van der Waals surface area contributed by atoms with Crippen LogP contribution >= 0.6 is 0 Å². The Labute approximate surface area is 206 Å². The zero-order chi connectivity index (χ0) is 24.7. The largest absolute Gasteiger partial charge is 0.497 e. The third-order valence-electron chi connectivity index (χ3n) is 7.39. The monoisotopic (exact) mass is 494 g/mol. The Balaban J connectivity index is 1.60. The molecule has 35 heavy (non-hydrogen) atoms. The Kier molecular flexibility index (Phi) is 6.21.